The summed E-state index contributed by atoms with van der Waals surface area (Å²) in [6, 6.07) is 0. The third kappa shape index (κ3) is 5.19. The SMILES string of the molecule is CCNC(=NCc1nc(C)c(C)s1)N1CCC(CC(=O)NC)CC1. The molecular weight excluding hydrogens is 322 g/mol. The van der Waals surface area contributed by atoms with Crippen LogP contribution in [0.1, 0.15) is 41.8 Å². The van der Waals surface area contributed by atoms with Crippen LogP contribution in [0.2, 0.25) is 0 Å². The second-order valence-electron chi connectivity index (χ2n) is 6.23. The molecule has 1 aliphatic rings. The number of aromatic nitrogens is 1. The van der Waals surface area contributed by atoms with Crippen LogP contribution in [0, 0.1) is 19.8 Å². The number of amides is 1. The standard InChI is InChI=1S/C17H29N5OS/c1-5-19-17(20-11-16-21-12(2)13(3)24-16)22-8-6-14(7-9-22)10-15(23)18-4/h14H,5-11H2,1-4H3,(H,18,23)(H,19,20). The zero-order chi connectivity index (χ0) is 17.5. The molecule has 0 atom stereocenters. The van der Waals surface area contributed by atoms with Gasteiger partial charge in [-0.15, -0.1) is 11.3 Å². The van der Waals surface area contributed by atoms with Gasteiger partial charge in [0.1, 0.15) is 5.01 Å². The van der Waals surface area contributed by atoms with E-state index in [0.29, 0.717) is 18.9 Å². The number of aryl methyl sites for hydroxylation is 2. The van der Waals surface area contributed by atoms with E-state index >= 15 is 0 Å². The summed E-state index contributed by atoms with van der Waals surface area (Å²) in [5.74, 6) is 1.58. The number of aliphatic imine (C=N–C) groups is 1. The van der Waals surface area contributed by atoms with E-state index in [9.17, 15) is 4.79 Å². The van der Waals surface area contributed by atoms with Crippen LogP contribution >= 0.6 is 11.3 Å². The van der Waals surface area contributed by atoms with Crippen LogP contribution < -0.4 is 10.6 Å². The Hall–Kier alpha value is -1.63. The number of carbonyl (C=O) groups is 1. The molecule has 1 saturated heterocycles. The Kier molecular flexibility index (Phi) is 7.02. The molecule has 0 radical (unpaired) electrons. The van der Waals surface area contributed by atoms with Crippen molar-refractivity contribution in [3.63, 3.8) is 0 Å². The second kappa shape index (κ2) is 9.01. The molecule has 0 spiro atoms. The summed E-state index contributed by atoms with van der Waals surface area (Å²) in [6.07, 6.45) is 2.70. The molecule has 0 bridgehead atoms. The molecule has 1 aromatic heterocycles. The molecule has 6 nitrogen and oxygen atoms in total. The molecule has 1 fully saturated rings. The van der Waals surface area contributed by atoms with Crippen molar-refractivity contribution >= 4 is 23.2 Å². The number of likely N-dealkylation sites (tertiary alicyclic amines) is 1. The molecule has 1 amide bonds. The number of guanidine groups is 1. The molecule has 24 heavy (non-hydrogen) atoms. The van der Waals surface area contributed by atoms with E-state index < -0.39 is 0 Å². The number of rotatable bonds is 5. The largest absolute Gasteiger partial charge is 0.359 e. The van der Waals surface area contributed by atoms with E-state index in [-0.39, 0.29) is 5.91 Å². The first-order valence-electron chi connectivity index (χ1n) is 8.70. The van der Waals surface area contributed by atoms with Gasteiger partial charge in [-0.1, -0.05) is 0 Å². The summed E-state index contributed by atoms with van der Waals surface area (Å²) in [5.41, 5.74) is 1.10. The van der Waals surface area contributed by atoms with Crippen LogP contribution in [0.4, 0.5) is 0 Å². The van der Waals surface area contributed by atoms with Gasteiger partial charge in [0.25, 0.3) is 0 Å². The fraction of sp³-hybridized carbons (Fsp3) is 0.706. The maximum absolute atomic E-state index is 11.5. The van der Waals surface area contributed by atoms with Gasteiger partial charge >= 0.3 is 0 Å². The van der Waals surface area contributed by atoms with E-state index in [1.807, 2.05) is 6.92 Å². The van der Waals surface area contributed by atoms with Crippen LogP contribution in [0.15, 0.2) is 4.99 Å². The molecule has 1 aromatic rings. The van der Waals surface area contributed by atoms with E-state index in [0.717, 1.165) is 49.1 Å². The fourth-order valence-electron chi connectivity index (χ4n) is 2.89. The smallest absolute Gasteiger partial charge is 0.220 e. The topological polar surface area (TPSA) is 69.6 Å². The molecular formula is C17H29N5OS. The first kappa shape index (κ1) is 18.7. The molecule has 0 saturated carbocycles. The minimum Gasteiger partial charge on any atom is -0.359 e. The zero-order valence-corrected chi connectivity index (χ0v) is 16.0. The number of nitrogens with zero attached hydrogens (tertiary/aromatic N) is 3. The van der Waals surface area contributed by atoms with Gasteiger partial charge in [0.05, 0.1) is 12.2 Å². The van der Waals surface area contributed by atoms with E-state index in [2.05, 4.69) is 34.4 Å². The molecule has 0 aliphatic carbocycles. The zero-order valence-electron chi connectivity index (χ0n) is 15.2. The average Bonchev–Trinajstić information content (AvgIpc) is 2.90. The summed E-state index contributed by atoms with van der Waals surface area (Å²) in [4.78, 5) is 24.4. The summed E-state index contributed by atoms with van der Waals surface area (Å²) >= 11 is 1.72. The average molecular weight is 352 g/mol. The molecule has 0 aromatic carbocycles. The Balaban J connectivity index is 1.93. The Bertz CT molecular complexity index is 556. The Morgan fingerprint density at radius 2 is 2.08 bits per heavy atom. The normalized spacial score (nSPS) is 16.3. The minimum atomic E-state index is 0.142. The molecule has 2 N–H and O–H groups in total. The number of hydrogen-bond acceptors (Lipinski definition) is 4. The first-order chi connectivity index (χ1) is 11.5. The summed E-state index contributed by atoms with van der Waals surface area (Å²) < 4.78 is 0. The maximum Gasteiger partial charge on any atom is 0.220 e. The van der Waals surface area contributed by atoms with Crippen molar-refractivity contribution in [3.8, 4) is 0 Å². The fourth-order valence-corrected chi connectivity index (χ4v) is 3.75. The first-order valence-corrected chi connectivity index (χ1v) is 9.51. The van der Waals surface area contributed by atoms with Gasteiger partial charge in [-0.3, -0.25) is 4.79 Å². The molecule has 0 unspecified atom stereocenters. The van der Waals surface area contributed by atoms with Crippen molar-refractivity contribution in [2.75, 3.05) is 26.7 Å². The van der Waals surface area contributed by atoms with Gasteiger partial charge in [0, 0.05) is 38.0 Å². The summed E-state index contributed by atoms with van der Waals surface area (Å²) in [5, 5.41) is 7.17. The van der Waals surface area contributed by atoms with Crippen LogP contribution in [0.5, 0.6) is 0 Å². The van der Waals surface area contributed by atoms with Gasteiger partial charge in [-0.05, 0) is 39.5 Å². The highest BCUT2D eigenvalue weighted by Gasteiger charge is 2.23. The number of carbonyl (C=O) groups excluding carboxylic acids is 1. The van der Waals surface area contributed by atoms with Crippen molar-refractivity contribution < 1.29 is 4.79 Å². The van der Waals surface area contributed by atoms with Crippen LogP contribution in [0.3, 0.4) is 0 Å². The van der Waals surface area contributed by atoms with Crippen LogP contribution in [0.25, 0.3) is 0 Å². The molecule has 7 heteroatoms. The lowest BCUT2D eigenvalue weighted by atomic mass is 9.93. The second-order valence-corrected chi connectivity index (χ2v) is 7.51. The summed E-state index contributed by atoms with van der Waals surface area (Å²) in [6.45, 7) is 9.61. The van der Waals surface area contributed by atoms with Gasteiger partial charge in [-0.2, -0.15) is 0 Å². The van der Waals surface area contributed by atoms with Crippen molar-refractivity contribution in [2.45, 2.75) is 46.6 Å². The van der Waals surface area contributed by atoms with Crippen molar-refractivity contribution in [2.24, 2.45) is 10.9 Å². The van der Waals surface area contributed by atoms with Crippen molar-refractivity contribution in [3.05, 3.63) is 15.6 Å². The predicted molar refractivity (Wildman–Crippen MR) is 99.4 cm³/mol. The monoisotopic (exact) mass is 351 g/mol. The maximum atomic E-state index is 11.5. The lowest BCUT2D eigenvalue weighted by Crippen LogP contribution is -2.46. The third-order valence-electron chi connectivity index (χ3n) is 4.44. The molecule has 2 heterocycles. The minimum absolute atomic E-state index is 0.142. The van der Waals surface area contributed by atoms with Gasteiger partial charge in [0.2, 0.25) is 5.91 Å². The summed E-state index contributed by atoms with van der Waals surface area (Å²) in [7, 11) is 1.70. The van der Waals surface area contributed by atoms with Crippen molar-refractivity contribution in [1.82, 2.24) is 20.5 Å². The van der Waals surface area contributed by atoms with Gasteiger partial charge in [-0.25, -0.2) is 9.98 Å². The predicted octanol–water partition coefficient (Wildman–Crippen LogP) is 2.07. The quantitative estimate of drug-likeness (QED) is 0.629. The van der Waals surface area contributed by atoms with E-state index in [4.69, 9.17) is 4.99 Å². The van der Waals surface area contributed by atoms with E-state index in [1.54, 1.807) is 18.4 Å². The number of thiazole rings is 1. The van der Waals surface area contributed by atoms with Crippen LogP contribution in [-0.2, 0) is 11.3 Å². The number of hydrogen-bond donors (Lipinski definition) is 2. The lowest BCUT2D eigenvalue weighted by Gasteiger charge is -2.34. The highest BCUT2D eigenvalue weighted by atomic mass is 32.1. The Morgan fingerprint density at radius 1 is 1.38 bits per heavy atom. The highest BCUT2D eigenvalue weighted by Crippen LogP contribution is 2.21. The van der Waals surface area contributed by atoms with Crippen molar-refractivity contribution in [1.29, 1.82) is 0 Å². The van der Waals surface area contributed by atoms with Gasteiger partial charge in [0.15, 0.2) is 5.96 Å². The van der Waals surface area contributed by atoms with Crippen LogP contribution in [-0.4, -0.2) is 48.4 Å². The third-order valence-corrected chi connectivity index (χ3v) is 5.50. The molecule has 1 aliphatic heterocycles. The lowest BCUT2D eigenvalue weighted by molar-refractivity contribution is -0.121. The Labute approximate surface area is 148 Å². The molecule has 134 valence electrons. The number of piperidine rings is 1. The number of nitrogens with one attached hydrogen (secondary N) is 2. The highest BCUT2D eigenvalue weighted by molar-refractivity contribution is 7.11. The van der Waals surface area contributed by atoms with Gasteiger partial charge < -0.3 is 15.5 Å². The van der Waals surface area contributed by atoms with E-state index in [1.165, 1.54) is 4.88 Å². The Morgan fingerprint density at radius 3 is 2.62 bits per heavy atom. The molecule has 2 rings (SSSR count).